The number of pyridine rings is 4. The smallest absolute Gasteiger partial charge is 0.197 e. The molecule has 0 aliphatic rings. The molecule has 0 aliphatic carbocycles. The van der Waals surface area contributed by atoms with Crippen LogP contribution in [-0.4, -0.2) is 8.80 Å². The van der Waals surface area contributed by atoms with Gasteiger partial charge in [0.05, 0.1) is 44.7 Å². The molecule has 0 saturated carbocycles. The second-order valence-electron chi connectivity index (χ2n) is 15.0. The lowest BCUT2D eigenvalue weighted by Gasteiger charge is -2.18. The first-order chi connectivity index (χ1) is 26.5. The summed E-state index contributed by atoms with van der Waals surface area (Å²) in [6.45, 7) is 14.0. The van der Waals surface area contributed by atoms with Crippen molar-refractivity contribution >= 4 is 83.1 Å². The molecular weight excluding hydrogens is 685 g/mol. The Bertz CT molecular complexity index is 3440. The largest absolute Gasteiger partial charge is 0.308 e. The van der Waals surface area contributed by atoms with Gasteiger partial charge < -0.3 is 8.80 Å². The second kappa shape index (κ2) is 12.4. The molecule has 8 nitrogen and oxygen atoms in total. The molecule has 4 heterocycles. The van der Waals surface area contributed by atoms with Gasteiger partial charge in [0.25, 0.3) is 0 Å². The summed E-state index contributed by atoms with van der Waals surface area (Å²) in [5, 5.41) is 12.6. The Morgan fingerprint density at radius 2 is 1.05 bits per heavy atom. The van der Waals surface area contributed by atoms with E-state index >= 15 is 0 Å². The van der Waals surface area contributed by atoms with Gasteiger partial charge in [0, 0.05) is 43.3 Å². The number of rotatable bonds is 6. The molecule has 0 saturated heterocycles. The van der Waals surface area contributed by atoms with Gasteiger partial charge in [0.15, 0.2) is 21.7 Å². The van der Waals surface area contributed by atoms with Crippen molar-refractivity contribution in [1.29, 1.82) is 0 Å². The molecule has 0 amide bonds. The van der Waals surface area contributed by atoms with Gasteiger partial charge in [-0.1, -0.05) is 58.5 Å². The summed E-state index contributed by atoms with van der Waals surface area (Å²) in [5.74, 6) is 0.201. The standard InChI is InChI=1S/C47H36N4O4/c1-7-38-32(46(54)36-21-27(24(2)3)19-34-42(36)50(38)39-14-10-8-12-30(39)44(34)52)18-26(6)48-49-29-16-17-41-33(23-29)47(55)37-22-28(25(4)5)20-35-43(37)51(41)40-15-11-9-13-31(40)45(35)53/h7-25H,1H2,2-6H3/b26-18+,49-48+. The van der Waals surface area contributed by atoms with Crippen LogP contribution in [0.4, 0.5) is 5.69 Å². The number of para-hydroxylation sites is 2. The number of allylic oxidation sites excluding steroid dienone is 1. The molecule has 0 atom stereocenters. The molecule has 0 radical (unpaired) electrons. The van der Waals surface area contributed by atoms with Gasteiger partial charge in [-0.2, -0.15) is 10.2 Å². The summed E-state index contributed by atoms with van der Waals surface area (Å²) >= 11 is 0. The molecule has 268 valence electrons. The van der Waals surface area contributed by atoms with Crippen molar-refractivity contribution in [3.8, 4) is 0 Å². The van der Waals surface area contributed by atoms with Crippen molar-refractivity contribution < 1.29 is 0 Å². The van der Waals surface area contributed by atoms with Crippen molar-refractivity contribution in [1.82, 2.24) is 8.80 Å². The second-order valence-corrected chi connectivity index (χ2v) is 15.0. The molecule has 0 unspecified atom stereocenters. The summed E-state index contributed by atoms with van der Waals surface area (Å²) in [6, 6.07) is 27.8. The molecule has 8 heteroatoms. The molecule has 4 aromatic heterocycles. The highest BCUT2D eigenvalue weighted by Crippen LogP contribution is 2.33. The van der Waals surface area contributed by atoms with Gasteiger partial charge in [-0.15, -0.1) is 0 Å². The number of azo groups is 1. The van der Waals surface area contributed by atoms with Crippen LogP contribution in [0.25, 0.3) is 77.4 Å². The first kappa shape index (κ1) is 34.0. The van der Waals surface area contributed by atoms with Gasteiger partial charge in [-0.3, -0.25) is 19.2 Å². The monoisotopic (exact) mass is 720 g/mol. The summed E-state index contributed by atoms with van der Waals surface area (Å²) in [7, 11) is 0. The highest BCUT2D eigenvalue weighted by atomic mass is 16.1. The molecule has 0 aliphatic heterocycles. The minimum atomic E-state index is -0.231. The minimum absolute atomic E-state index is 0.0931. The van der Waals surface area contributed by atoms with E-state index in [9.17, 15) is 19.2 Å². The Balaban J connectivity index is 1.25. The summed E-state index contributed by atoms with van der Waals surface area (Å²) < 4.78 is 3.96. The summed E-state index contributed by atoms with van der Waals surface area (Å²) in [4.78, 5) is 56.2. The predicted octanol–water partition coefficient (Wildman–Crippen LogP) is 10.3. The average Bonchev–Trinajstić information content (AvgIpc) is 3.19. The number of hydrogen-bond donors (Lipinski definition) is 0. The maximum atomic E-state index is 14.4. The van der Waals surface area contributed by atoms with Crippen molar-refractivity contribution in [2.75, 3.05) is 0 Å². The van der Waals surface area contributed by atoms with E-state index in [-0.39, 0.29) is 33.6 Å². The van der Waals surface area contributed by atoms with Crippen LogP contribution >= 0.6 is 0 Å². The highest BCUT2D eigenvalue weighted by Gasteiger charge is 2.22. The van der Waals surface area contributed by atoms with E-state index in [0.717, 1.165) is 16.6 Å². The van der Waals surface area contributed by atoms with E-state index in [4.69, 9.17) is 0 Å². The Morgan fingerprint density at radius 1 is 0.582 bits per heavy atom. The van der Waals surface area contributed by atoms with Gasteiger partial charge in [0.2, 0.25) is 0 Å². The number of benzene rings is 5. The normalized spacial score (nSPS) is 12.8. The van der Waals surface area contributed by atoms with E-state index < -0.39 is 0 Å². The van der Waals surface area contributed by atoms with E-state index in [1.54, 1.807) is 31.2 Å². The Kier molecular flexibility index (Phi) is 7.65. The molecule has 0 N–H and O–H groups in total. The first-order valence-corrected chi connectivity index (χ1v) is 18.4. The third-order valence-electron chi connectivity index (χ3n) is 10.9. The van der Waals surface area contributed by atoms with Crippen molar-refractivity contribution in [3.63, 3.8) is 0 Å². The molecule has 0 spiro atoms. The number of nitrogens with zero attached hydrogens (tertiary/aromatic N) is 4. The molecule has 9 rings (SSSR count). The van der Waals surface area contributed by atoms with Crippen molar-refractivity contribution in [3.05, 3.63) is 167 Å². The van der Waals surface area contributed by atoms with Gasteiger partial charge >= 0.3 is 0 Å². The fourth-order valence-corrected chi connectivity index (χ4v) is 8.11. The topological polar surface area (TPSA) is 102 Å². The molecule has 9 aromatic rings. The van der Waals surface area contributed by atoms with E-state index in [0.29, 0.717) is 82.4 Å². The van der Waals surface area contributed by atoms with Crippen molar-refractivity contribution in [2.24, 2.45) is 10.2 Å². The van der Waals surface area contributed by atoms with Gasteiger partial charge in [-0.25, -0.2) is 0 Å². The molecule has 5 aromatic carbocycles. The van der Waals surface area contributed by atoms with Crippen LogP contribution in [0, 0.1) is 0 Å². The zero-order chi connectivity index (χ0) is 38.4. The van der Waals surface area contributed by atoms with Crippen molar-refractivity contribution in [2.45, 2.75) is 46.5 Å². The number of hydrogen-bond acceptors (Lipinski definition) is 6. The maximum absolute atomic E-state index is 14.4. The van der Waals surface area contributed by atoms with Crippen LogP contribution in [0.3, 0.4) is 0 Å². The summed E-state index contributed by atoms with van der Waals surface area (Å²) in [6.07, 6.45) is 3.34. The highest BCUT2D eigenvalue weighted by molar-refractivity contribution is 6.08. The van der Waals surface area contributed by atoms with Crippen LogP contribution in [0.1, 0.15) is 68.8 Å². The van der Waals surface area contributed by atoms with E-state index in [1.807, 2.05) is 115 Å². The summed E-state index contributed by atoms with van der Waals surface area (Å²) in [5.41, 5.74) is 6.26. The Morgan fingerprint density at radius 3 is 1.60 bits per heavy atom. The van der Waals surface area contributed by atoms with Gasteiger partial charge in [0.1, 0.15) is 0 Å². The fourth-order valence-electron chi connectivity index (χ4n) is 8.11. The third kappa shape index (κ3) is 4.98. The van der Waals surface area contributed by atoms with E-state index in [1.165, 1.54) is 0 Å². The molecule has 55 heavy (non-hydrogen) atoms. The van der Waals surface area contributed by atoms with Crippen LogP contribution in [0.15, 0.2) is 133 Å². The fraction of sp³-hybridized carbons (Fsp3) is 0.149. The quantitative estimate of drug-likeness (QED) is 0.0969. The van der Waals surface area contributed by atoms with E-state index in [2.05, 4.69) is 16.8 Å². The minimum Gasteiger partial charge on any atom is -0.308 e. The zero-order valence-electron chi connectivity index (χ0n) is 31.1. The lowest BCUT2D eigenvalue weighted by molar-refractivity contribution is 0.869. The maximum Gasteiger partial charge on any atom is 0.197 e. The van der Waals surface area contributed by atoms with Crippen LogP contribution < -0.4 is 21.7 Å². The number of aromatic nitrogens is 2. The number of fused-ring (bicyclic) bond motifs is 6. The van der Waals surface area contributed by atoms with Gasteiger partial charge in [-0.05, 0) is 109 Å². The molecular formula is C47H36N4O4. The van der Waals surface area contributed by atoms with Crippen LogP contribution in [0.5, 0.6) is 0 Å². The first-order valence-electron chi connectivity index (χ1n) is 18.4. The molecule has 0 fully saturated rings. The lowest BCUT2D eigenvalue weighted by atomic mass is 9.95. The zero-order valence-corrected chi connectivity index (χ0v) is 31.1. The Labute approximate surface area is 314 Å². The lowest BCUT2D eigenvalue weighted by Crippen LogP contribution is -2.18. The van der Waals surface area contributed by atoms with Crippen LogP contribution in [-0.2, 0) is 0 Å². The Hall–Kier alpha value is -6.80. The molecule has 0 bridgehead atoms. The third-order valence-corrected chi connectivity index (χ3v) is 10.9. The average molecular weight is 721 g/mol. The van der Waals surface area contributed by atoms with Crippen LogP contribution in [0.2, 0.25) is 0 Å². The predicted molar refractivity (Wildman–Crippen MR) is 226 cm³/mol. The SMILES string of the molecule is C=Cc1c(/C=C(C)/N=N/c2ccc3c(c2)c(=O)c2cc(C(C)C)cc4c(=O)c5ccccc5n3c42)c(=O)c2cc(C(C)C)cc3c(=O)c4ccccc4n1c23.